The Hall–Kier alpha value is 0.210. The summed E-state index contributed by atoms with van der Waals surface area (Å²) < 4.78 is 0. The zero-order valence-corrected chi connectivity index (χ0v) is 6.52. The fraction of sp³-hybridized carbons (Fsp3) is 1.00. The first-order valence-corrected chi connectivity index (χ1v) is 3.45. The van der Waals surface area contributed by atoms with E-state index in [0.29, 0.717) is 6.42 Å². The smallest absolute Gasteiger partial charge is 0.0702 e. The van der Waals surface area contributed by atoms with E-state index in [1.807, 2.05) is 0 Å². The van der Waals surface area contributed by atoms with E-state index in [2.05, 4.69) is 0 Å². The maximum Gasteiger partial charge on any atom is 0.0702 e. The number of hydrogen-bond acceptors (Lipinski definition) is 2. The van der Waals surface area contributed by atoms with Crippen molar-refractivity contribution in [2.75, 3.05) is 5.88 Å². The summed E-state index contributed by atoms with van der Waals surface area (Å²) >= 11 is 5.30. The van der Waals surface area contributed by atoms with Crippen molar-refractivity contribution >= 4 is 11.6 Å². The van der Waals surface area contributed by atoms with E-state index in [1.165, 1.54) is 0 Å². The average Bonchev–Trinajstić information content (AvgIpc) is 1.62. The van der Waals surface area contributed by atoms with Crippen molar-refractivity contribution in [2.45, 2.75) is 32.0 Å². The Bertz CT molecular complexity index is 77.6. The molecule has 0 spiro atoms. The first kappa shape index (κ1) is 9.21. The van der Waals surface area contributed by atoms with Gasteiger partial charge in [0.25, 0.3) is 0 Å². The molecule has 0 fully saturated rings. The van der Waals surface area contributed by atoms with Crippen molar-refractivity contribution in [2.24, 2.45) is 0 Å². The largest absolute Gasteiger partial charge is 0.392 e. The predicted octanol–water partition coefficient (Wildman–Crippen LogP) is 0.747. The van der Waals surface area contributed by atoms with E-state index in [0.717, 1.165) is 0 Å². The molecule has 2 N–H and O–H groups in total. The van der Waals surface area contributed by atoms with Gasteiger partial charge in [0.1, 0.15) is 0 Å². The van der Waals surface area contributed by atoms with Crippen molar-refractivity contribution in [1.29, 1.82) is 0 Å². The lowest BCUT2D eigenvalue weighted by molar-refractivity contribution is 0.0259. The van der Waals surface area contributed by atoms with Crippen LogP contribution >= 0.6 is 11.6 Å². The van der Waals surface area contributed by atoms with Gasteiger partial charge in [-0.2, -0.15) is 0 Å². The molecule has 2 nitrogen and oxygen atoms in total. The van der Waals surface area contributed by atoms with Crippen LogP contribution in [0.1, 0.15) is 20.3 Å². The Morgan fingerprint density at radius 1 is 1.56 bits per heavy atom. The van der Waals surface area contributed by atoms with Crippen LogP contribution in [0.15, 0.2) is 0 Å². The minimum Gasteiger partial charge on any atom is -0.392 e. The van der Waals surface area contributed by atoms with E-state index in [4.69, 9.17) is 21.8 Å². The molecule has 3 heteroatoms. The summed E-state index contributed by atoms with van der Waals surface area (Å²) in [4.78, 5) is 0. The summed E-state index contributed by atoms with van der Waals surface area (Å²) in [5, 5.41) is 18.0. The highest BCUT2D eigenvalue weighted by Gasteiger charge is 2.17. The molecule has 0 amide bonds. The van der Waals surface area contributed by atoms with E-state index in [1.54, 1.807) is 13.8 Å². The fourth-order valence-corrected chi connectivity index (χ4v) is 0.740. The molecule has 0 aliphatic rings. The quantitative estimate of drug-likeness (QED) is 0.586. The van der Waals surface area contributed by atoms with Gasteiger partial charge < -0.3 is 10.2 Å². The van der Waals surface area contributed by atoms with Crippen LogP contribution in [0.25, 0.3) is 0 Å². The van der Waals surface area contributed by atoms with E-state index >= 15 is 0 Å². The summed E-state index contributed by atoms with van der Waals surface area (Å²) in [6.45, 7) is 3.28. The summed E-state index contributed by atoms with van der Waals surface area (Å²) in [7, 11) is 0. The molecule has 0 heterocycles. The molecule has 0 aromatic rings. The monoisotopic (exact) mass is 152 g/mol. The van der Waals surface area contributed by atoms with Gasteiger partial charge in [-0.3, -0.25) is 0 Å². The number of hydrogen-bond donors (Lipinski definition) is 2. The fourth-order valence-electron chi connectivity index (χ4n) is 0.631. The minimum absolute atomic E-state index is 0.185. The van der Waals surface area contributed by atoms with Gasteiger partial charge in [0.15, 0.2) is 0 Å². The molecule has 0 bridgehead atoms. The molecular formula is C6H13ClO2. The lowest BCUT2D eigenvalue weighted by Crippen LogP contribution is -2.26. The predicted molar refractivity (Wildman–Crippen MR) is 37.6 cm³/mol. The molecule has 0 saturated heterocycles. The van der Waals surface area contributed by atoms with Gasteiger partial charge >= 0.3 is 0 Å². The molecule has 0 radical (unpaired) electrons. The molecule has 1 unspecified atom stereocenters. The lowest BCUT2D eigenvalue weighted by atomic mass is 10.0. The van der Waals surface area contributed by atoms with Crippen LogP contribution in [0.4, 0.5) is 0 Å². The Morgan fingerprint density at radius 2 is 2.00 bits per heavy atom. The second kappa shape index (κ2) is 3.40. The third-order valence-electron chi connectivity index (χ3n) is 0.913. The van der Waals surface area contributed by atoms with Crippen molar-refractivity contribution in [3.8, 4) is 0 Å². The molecule has 1 atom stereocenters. The van der Waals surface area contributed by atoms with Crippen molar-refractivity contribution in [3.05, 3.63) is 0 Å². The second-order valence-electron chi connectivity index (χ2n) is 2.82. The zero-order valence-electron chi connectivity index (χ0n) is 5.76. The Labute approximate surface area is 60.5 Å². The topological polar surface area (TPSA) is 40.5 Å². The summed E-state index contributed by atoms with van der Waals surface area (Å²) in [5.41, 5.74) is -0.811. The first-order chi connectivity index (χ1) is 3.95. The second-order valence-corrected chi connectivity index (χ2v) is 3.13. The van der Waals surface area contributed by atoms with Gasteiger partial charge in [-0.15, -0.1) is 11.6 Å². The van der Waals surface area contributed by atoms with Crippen LogP contribution in [0.2, 0.25) is 0 Å². The van der Waals surface area contributed by atoms with E-state index < -0.39 is 11.7 Å². The maximum atomic E-state index is 9.10. The van der Waals surface area contributed by atoms with Gasteiger partial charge in [0.05, 0.1) is 11.7 Å². The molecule has 0 aromatic heterocycles. The summed E-state index contributed by atoms with van der Waals surface area (Å²) in [6.07, 6.45) is -0.261. The van der Waals surface area contributed by atoms with Crippen molar-refractivity contribution < 1.29 is 10.2 Å². The zero-order chi connectivity index (χ0) is 7.49. The molecule has 0 aromatic carbocycles. The van der Waals surface area contributed by atoms with Crippen LogP contribution < -0.4 is 0 Å². The van der Waals surface area contributed by atoms with Gasteiger partial charge in [-0.05, 0) is 13.8 Å². The summed E-state index contributed by atoms with van der Waals surface area (Å²) in [6, 6.07) is 0. The van der Waals surface area contributed by atoms with Crippen LogP contribution in [-0.4, -0.2) is 27.8 Å². The van der Waals surface area contributed by atoms with Gasteiger partial charge in [-0.25, -0.2) is 0 Å². The molecule has 0 aliphatic heterocycles. The normalized spacial score (nSPS) is 15.7. The SMILES string of the molecule is CC(C)(O)CC(O)CCl. The van der Waals surface area contributed by atoms with Crippen molar-refractivity contribution in [3.63, 3.8) is 0 Å². The number of aliphatic hydroxyl groups is 2. The van der Waals surface area contributed by atoms with Crippen LogP contribution in [0, 0.1) is 0 Å². The molecule has 0 aliphatic carbocycles. The van der Waals surface area contributed by atoms with Gasteiger partial charge in [-0.1, -0.05) is 0 Å². The molecule has 0 saturated carbocycles. The van der Waals surface area contributed by atoms with Gasteiger partial charge in [0, 0.05) is 12.3 Å². The van der Waals surface area contributed by atoms with E-state index in [-0.39, 0.29) is 5.88 Å². The molecule has 9 heavy (non-hydrogen) atoms. The first-order valence-electron chi connectivity index (χ1n) is 2.92. The Morgan fingerprint density at radius 3 is 2.11 bits per heavy atom. The number of halogens is 1. The number of aliphatic hydroxyl groups excluding tert-OH is 1. The minimum atomic E-state index is -0.811. The van der Waals surface area contributed by atoms with E-state index in [9.17, 15) is 0 Å². The van der Waals surface area contributed by atoms with Crippen LogP contribution in [-0.2, 0) is 0 Å². The molecule has 0 rings (SSSR count). The molecular weight excluding hydrogens is 140 g/mol. The summed E-state index contributed by atoms with van der Waals surface area (Å²) in [5.74, 6) is 0.185. The highest BCUT2D eigenvalue weighted by atomic mass is 35.5. The highest BCUT2D eigenvalue weighted by Crippen LogP contribution is 2.10. The average molecular weight is 153 g/mol. The third-order valence-corrected chi connectivity index (χ3v) is 1.27. The maximum absolute atomic E-state index is 9.10. The lowest BCUT2D eigenvalue weighted by Gasteiger charge is -2.19. The number of rotatable bonds is 3. The Balaban J connectivity index is 3.47. The van der Waals surface area contributed by atoms with Crippen molar-refractivity contribution in [1.82, 2.24) is 0 Å². The molecule has 56 valence electrons. The van der Waals surface area contributed by atoms with Crippen LogP contribution in [0.3, 0.4) is 0 Å². The third kappa shape index (κ3) is 6.09. The van der Waals surface area contributed by atoms with Crippen LogP contribution in [0.5, 0.6) is 0 Å². The standard InChI is InChI=1S/C6H13ClO2/c1-6(2,9)3-5(8)4-7/h5,8-9H,3-4H2,1-2H3. The highest BCUT2D eigenvalue weighted by molar-refractivity contribution is 6.18. The van der Waals surface area contributed by atoms with Gasteiger partial charge in [0.2, 0.25) is 0 Å². The number of alkyl halides is 1. The Kier molecular flexibility index (Phi) is 3.48.